The van der Waals surface area contributed by atoms with Gasteiger partial charge in [0.05, 0.1) is 0 Å². The van der Waals surface area contributed by atoms with E-state index < -0.39 is 0 Å². The highest BCUT2D eigenvalue weighted by atomic mass is 16.2. The minimum absolute atomic E-state index is 0.00116. The molecule has 1 amide bonds. The Bertz CT molecular complexity index is 372. The maximum absolute atomic E-state index is 12.0. The maximum atomic E-state index is 12.0. The highest BCUT2D eigenvalue weighted by Gasteiger charge is 2.23. The summed E-state index contributed by atoms with van der Waals surface area (Å²) < 4.78 is 1.61. The smallest absolute Gasteiger partial charge is 0.269 e. The highest BCUT2D eigenvalue weighted by Crippen LogP contribution is 2.23. The first kappa shape index (κ1) is 11.2. The minimum atomic E-state index is -0.00116. The number of carbonyl (C=O) groups is 1. The van der Waals surface area contributed by atoms with Gasteiger partial charge in [0.25, 0.3) is 5.91 Å². The summed E-state index contributed by atoms with van der Waals surface area (Å²) in [6, 6.07) is 2.08. The third-order valence-electron chi connectivity index (χ3n) is 3.48. The summed E-state index contributed by atoms with van der Waals surface area (Å²) in [5.74, 6) is 0.588. The molecule has 0 spiro atoms. The molecule has 0 aliphatic heterocycles. The molecule has 0 aromatic carbocycles. The zero-order valence-corrected chi connectivity index (χ0v) is 9.94. The molecular weight excluding hydrogens is 202 g/mol. The van der Waals surface area contributed by atoms with Crippen LogP contribution in [0.2, 0.25) is 0 Å². The fourth-order valence-electron chi connectivity index (χ4n) is 2.37. The maximum Gasteiger partial charge on any atom is 0.269 e. The van der Waals surface area contributed by atoms with Gasteiger partial charge in [-0.15, -0.1) is 0 Å². The van der Waals surface area contributed by atoms with Gasteiger partial charge in [0, 0.05) is 19.3 Å². The molecule has 2 atom stereocenters. The summed E-state index contributed by atoms with van der Waals surface area (Å²) in [6.07, 6.45) is 6.49. The number of rotatable bonds is 2. The monoisotopic (exact) mass is 221 g/mol. The van der Waals surface area contributed by atoms with Crippen molar-refractivity contribution in [1.82, 2.24) is 15.1 Å². The quantitative estimate of drug-likeness (QED) is 0.826. The van der Waals surface area contributed by atoms with Crippen molar-refractivity contribution >= 4 is 5.91 Å². The SMILES string of the molecule is CC1CCCCC1NC(=O)c1ccnn1C. The predicted molar refractivity (Wildman–Crippen MR) is 62.1 cm³/mol. The van der Waals surface area contributed by atoms with Gasteiger partial charge < -0.3 is 5.32 Å². The van der Waals surface area contributed by atoms with E-state index in [1.807, 2.05) is 0 Å². The number of nitrogens with one attached hydrogen (secondary N) is 1. The van der Waals surface area contributed by atoms with Crippen LogP contribution in [0.25, 0.3) is 0 Å². The van der Waals surface area contributed by atoms with E-state index in [1.54, 1.807) is 24.0 Å². The van der Waals surface area contributed by atoms with Crippen LogP contribution in [-0.4, -0.2) is 21.7 Å². The zero-order valence-electron chi connectivity index (χ0n) is 9.94. The molecule has 1 aliphatic carbocycles. The van der Waals surface area contributed by atoms with Gasteiger partial charge in [-0.05, 0) is 24.8 Å². The molecule has 4 nitrogen and oxygen atoms in total. The first-order chi connectivity index (χ1) is 7.68. The zero-order chi connectivity index (χ0) is 11.5. The number of hydrogen-bond acceptors (Lipinski definition) is 2. The van der Waals surface area contributed by atoms with Gasteiger partial charge in [-0.2, -0.15) is 5.10 Å². The first-order valence-electron chi connectivity index (χ1n) is 5.97. The number of carbonyl (C=O) groups excluding carboxylic acids is 1. The average Bonchev–Trinajstić information content (AvgIpc) is 2.68. The second kappa shape index (κ2) is 4.68. The third kappa shape index (κ3) is 2.26. The van der Waals surface area contributed by atoms with Crippen LogP contribution in [0.3, 0.4) is 0 Å². The van der Waals surface area contributed by atoms with Crippen molar-refractivity contribution < 1.29 is 4.79 Å². The van der Waals surface area contributed by atoms with Gasteiger partial charge in [-0.25, -0.2) is 0 Å². The van der Waals surface area contributed by atoms with Crippen molar-refractivity contribution in [2.75, 3.05) is 0 Å². The fraction of sp³-hybridized carbons (Fsp3) is 0.667. The topological polar surface area (TPSA) is 46.9 Å². The number of aromatic nitrogens is 2. The van der Waals surface area contributed by atoms with Crippen molar-refractivity contribution in [1.29, 1.82) is 0 Å². The second-order valence-electron chi connectivity index (χ2n) is 4.68. The van der Waals surface area contributed by atoms with Crippen molar-refractivity contribution in [3.8, 4) is 0 Å². The Balaban J connectivity index is 1.99. The Morgan fingerprint density at radius 1 is 1.50 bits per heavy atom. The molecule has 4 heteroatoms. The molecule has 0 saturated heterocycles. The van der Waals surface area contributed by atoms with Crippen LogP contribution in [0.1, 0.15) is 43.1 Å². The Morgan fingerprint density at radius 3 is 2.88 bits per heavy atom. The second-order valence-corrected chi connectivity index (χ2v) is 4.68. The van der Waals surface area contributed by atoms with E-state index in [9.17, 15) is 4.79 Å². The highest BCUT2D eigenvalue weighted by molar-refractivity contribution is 5.92. The number of amides is 1. The van der Waals surface area contributed by atoms with E-state index in [4.69, 9.17) is 0 Å². The lowest BCUT2D eigenvalue weighted by Gasteiger charge is -2.29. The first-order valence-corrected chi connectivity index (χ1v) is 5.97. The molecule has 1 N–H and O–H groups in total. The number of hydrogen-bond donors (Lipinski definition) is 1. The van der Waals surface area contributed by atoms with Gasteiger partial charge in [-0.3, -0.25) is 9.48 Å². The van der Waals surface area contributed by atoms with E-state index in [-0.39, 0.29) is 5.91 Å². The minimum Gasteiger partial charge on any atom is -0.348 e. The summed E-state index contributed by atoms with van der Waals surface area (Å²) in [4.78, 5) is 12.0. The Kier molecular flexibility index (Phi) is 3.27. The summed E-state index contributed by atoms with van der Waals surface area (Å²) in [5.41, 5.74) is 0.637. The average molecular weight is 221 g/mol. The Morgan fingerprint density at radius 2 is 2.25 bits per heavy atom. The molecule has 2 unspecified atom stereocenters. The molecule has 2 rings (SSSR count). The molecule has 1 aromatic heterocycles. The van der Waals surface area contributed by atoms with Crippen molar-refractivity contribution in [2.24, 2.45) is 13.0 Å². The van der Waals surface area contributed by atoms with Crippen molar-refractivity contribution in [3.63, 3.8) is 0 Å². The molecule has 1 heterocycles. The summed E-state index contributed by atoms with van der Waals surface area (Å²) in [6.45, 7) is 2.22. The van der Waals surface area contributed by atoms with Gasteiger partial charge in [-0.1, -0.05) is 19.8 Å². The lowest BCUT2D eigenvalue weighted by molar-refractivity contribution is 0.0900. The largest absolute Gasteiger partial charge is 0.348 e. The summed E-state index contributed by atoms with van der Waals surface area (Å²) in [5, 5.41) is 7.12. The Hall–Kier alpha value is -1.32. The van der Waals surface area contributed by atoms with Gasteiger partial charge in [0.1, 0.15) is 5.69 Å². The lowest BCUT2D eigenvalue weighted by Crippen LogP contribution is -2.41. The van der Waals surface area contributed by atoms with Crippen molar-refractivity contribution in [2.45, 2.75) is 38.6 Å². The van der Waals surface area contributed by atoms with Crippen LogP contribution < -0.4 is 5.32 Å². The normalized spacial score (nSPS) is 25.4. The van der Waals surface area contributed by atoms with Crippen LogP contribution in [0.4, 0.5) is 0 Å². The predicted octanol–water partition coefficient (Wildman–Crippen LogP) is 1.73. The molecule has 16 heavy (non-hydrogen) atoms. The molecule has 88 valence electrons. The molecule has 1 aromatic rings. The summed E-state index contributed by atoms with van der Waals surface area (Å²) in [7, 11) is 1.79. The number of aryl methyl sites for hydroxylation is 1. The van der Waals surface area contributed by atoms with Crippen LogP contribution in [0.15, 0.2) is 12.3 Å². The molecule has 1 saturated carbocycles. The standard InChI is InChI=1S/C12H19N3O/c1-9-5-3-4-6-10(9)14-12(16)11-7-8-13-15(11)2/h7-10H,3-6H2,1-2H3,(H,14,16). The van der Waals surface area contributed by atoms with E-state index in [0.29, 0.717) is 17.7 Å². The summed E-state index contributed by atoms with van der Waals surface area (Å²) >= 11 is 0. The van der Waals surface area contributed by atoms with E-state index in [2.05, 4.69) is 17.3 Å². The van der Waals surface area contributed by atoms with E-state index in [0.717, 1.165) is 6.42 Å². The van der Waals surface area contributed by atoms with Gasteiger partial charge in [0.15, 0.2) is 0 Å². The van der Waals surface area contributed by atoms with Crippen molar-refractivity contribution in [3.05, 3.63) is 18.0 Å². The fourth-order valence-corrected chi connectivity index (χ4v) is 2.37. The van der Waals surface area contributed by atoms with E-state index >= 15 is 0 Å². The van der Waals surface area contributed by atoms with Gasteiger partial charge >= 0.3 is 0 Å². The van der Waals surface area contributed by atoms with Crippen LogP contribution in [-0.2, 0) is 7.05 Å². The van der Waals surface area contributed by atoms with Crippen LogP contribution >= 0.6 is 0 Å². The molecule has 1 aliphatic rings. The van der Waals surface area contributed by atoms with Gasteiger partial charge in [0.2, 0.25) is 0 Å². The molecule has 0 radical (unpaired) electrons. The Labute approximate surface area is 96.0 Å². The number of nitrogens with zero attached hydrogens (tertiary/aromatic N) is 2. The van der Waals surface area contributed by atoms with E-state index in [1.165, 1.54) is 19.3 Å². The third-order valence-corrected chi connectivity index (χ3v) is 3.48. The van der Waals surface area contributed by atoms with Crippen LogP contribution in [0.5, 0.6) is 0 Å². The lowest BCUT2D eigenvalue weighted by atomic mass is 9.86. The molecular formula is C12H19N3O. The molecule has 0 bridgehead atoms. The van der Waals surface area contributed by atoms with Crippen LogP contribution in [0, 0.1) is 5.92 Å². The molecule has 1 fully saturated rings.